The van der Waals surface area contributed by atoms with Crippen LogP contribution in [0.1, 0.15) is 18.4 Å². The van der Waals surface area contributed by atoms with E-state index in [1.54, 1.807) is 12.1 Å². The SMILES string of the molecule is NCc1c(O)cccc1OCC1CC1. The van der Waals surface area contributed by atoms with Gasteiger partial charge in [-0.3, -0.25) is 0 Å². The van der Waals surface area contributed by atoms with Crippen molar-refractivity contribution in [2.24, 2.45) is 11.7 Å². The maximum atomic E-state index is 9.51. The van der Waals surface area contributed by atoms with E-state index in [2.05, 4.69) is 0 Å². The topological polar surface area (TPSA) is 55.5 Å². The molecule has 0 atom stereocenters. The summed E-state index contributed by atoms with van der Waals surface area (Å²) in [5, 5.41) is 9.51. The lowest BCUT2D eigenvalue weighted by molar-refractivity contribution is 0.294. The second kappa shape index (κ2) is 3.88. The average Bonchev–Trinajstić information content (AvgIpc) is 2.98. The van der Waals surface area contributed by atoms with Crippen molar-refractivity contribution >= 4 is 0 Å². The molecule has 0 aliphatic heterocycles. The standard InChI is InChI=1S/C11H15NO2/c12-6-9-10(13)2-1-3-11(9)14-7-8-4-5-8/h1-3,8,13H,4-7,12H2. The number of hydrogen-bond donors (Lipinski definition) is 2. The highest BCUT2D eigenvalue weighted by atomic mass is 16.5. The molecular formula is C11H15NO2. The number of nitrogens with two attached hydrogens (primary N) is 1. The van der Waals surface area contributed by atoms with E-state index in [-0.39, 0.29) is 5.75 Å². The molecule has 0 spiro atoms. The van der Waals surface area contributed by atoms with Gasteiger partial charge in [-0.1, -0.05) is 6.07 Å². The Morgan fingerprint density at radius 2 is 2.21 bits per heavy atom. The summed E-state index contributed by atoms with van der Waals surface area (Å²) in [6.07, 6.45) is 2.52. The summed E-state index contributed by atoms with van der Waals surface area (Å²) >= 11 is 0. The molecule has 1 aromatic carbocycles. The Balaban J connectivity index is 2.09. The molecule has 0 radical (unpaired) electrons. The van der Waals surface area contributed by atoms with Gasteiger partial charge in [-0.15, -0.1) is 0 Å². The highest BCUT2D eigenvalue weighted by molar-refractivity contribution is 5.43. The minimum Gasteiger partial charge on any atom is -0.507 e. The van der Waals surface area contributed by atoms with Crippen LogP contribution in [0, 0.1) is 5.92 Å². The van der Waals surface area contributed by atoms with Crippen LogP contribution in [-0.4, -0.2) is 11.7 Å². The van der Waals surface area contributed by atoms with E-state index in [0.717, 1.165) is 12.4 Å². The van der Waals surface area contributed by atoms with Gasteiger partial charge < -0.3 is 15.6 Å². The maximum Gasteiger partial charge on any atom is 0.127 e. The number of rotatable bonds is 4. The Kier molecular flexibility index (Phi) is 2.59. The van der Waals surface area contributed by atoms with Gasteiger partial charge in [-0.05, 0) is 30.9 Å². The molecule has 1 saturated carbocycles. The average molecular weight is 193 g/mol. The number of phenolic OH excluding ortho intramolecular Hbond substituents is 1. The molecule has 0 amide bonds. The Hall–Kier alpha value is -1.22. The van der Waals surface area contributed by atoms with Gasteiger partial charge in [0.05, 0.1) is 6.61 Å². The third-order valence-corrected chi connectivity index (χ3v) is 2.48. The Morgan fingerprint density at radius 3 is 2.86 bits per heavy atom. The molecule has 1 fully saturated rings. The van der Waals surface area contributed by atoms with E-state index in [0.29, 0.717) is 18.0 Å². The van der Waals surface area contributed by atoms with Crippen molar-refractivity contribution in [2.75, 3.05) is 6.61 Å². The molecule has 1 aliphatic rings. The zero-order chi connectivity index (χ0) is 9.97. The number of benzene rings is 1. The van der Waals surface area contributed by atoms with E-state index in [1.165, 1.54) is 12.8 Å². The van der Waals surface area contributed by atoms with Crippen LogP contribution >= 0.6 is 0 Å². The van der Waals surface area contributed by atoms with Gasteiger partial charge in [-0.25, -0.2) is 0 Å². The van der Waals surface area contributed by atoms with Crippen LogP contribution in [0.2, 0.25) is 0 Å². The summed E-state index contributed by atoms with van der Waals surface area (Å²) < 4.78 is 5.59. The van der Waals surface area contributed by atoms with Crippen LogP contribution in [0.5, 0.6) is 11.5 Å². The van der Waals surface area contributed by atoms with Gasteiger partial charge >= 0.3 is 0 Å². The molecule has 2 rings (SSSR count). The quantitative estimate of drug-likeness (QED) is 0.764. The third kappa shape index (κ3) is 1.99. The van der Waals surface area contributed by atoms with E-state index in [9.17, 15) is 5.11 Å². The van der Waals surface area contributed by atoms with Crippen molar-refractivity contribution in [3.8, 4) is 11.5 Å². The molecule has 3 heteroatoms. The van der Waals surface area contributed by atoms with E-state index in [1.807, 2.05) is 6.07 Å². The fourth-order valence-corrected chi connectivity index (χ4v) is 1.39. The molecule has 1 aromatic rings. The molecule has 0 bridgehead atoms. The summed E-state index contributed by atoms with van der Waals surface area (Å²) in [7, 11) is 0. The summed E-state index contributed by atoms with van der Waals surface area (Å²) in [4.78, 5) is 0. The van der Waals surface area contributed by atoms with Gasteiger partial charge in [0, 0.05) is 12.1 Å². The zero-order valence-electron chi connectivity index (χ0n) is 8.07. The highest BCUT2D eigenvalue weighted by Crippen LogP contribution is 2.32. The number of aromatic hydroxyl groups is 1. The first-order chi connectivity index (χ1) is 6.81. The van der Waals surface area contributed by atoms with Crippen molar-refractivity contribution in [2.45, 2.75) is 19.4 Å². The van der Waals surface area contributed by atoms with Crippen molar-refractivity contribution in [1.29, 1.82) is 0 Å². The van der Waals surface area contributed by atoms with Gasteiger partial charge in [0.25, 0.3) is 0 Å². The largest absolute Gasteiger partial charge is 0.507 e. The molecule has 0 unspecified atom stereocenters. The van der Waals surface area contributed by atoms with Crippen molar-refractivity contribution in [3.05, 3.63) is 23.8 Å². The van der Waals surface area contributed by atoms with E-state index in [4.69, 9.17) is 10.5 Å². The Bertz CT molecular complexity index is 321. The van der Waals surface area contributed by atoms with Gasteiger partial charge in [0.1, 0.15) is 11.5 Å². The highest BCUT2D eigenvalue weighted by Gasteiger charge is 2.22. The fraction of sp³-hybridized carbons (Fsp3) is 0.455. The Morgan fingerprint density at radius 1 is 1.43 bits per heavy atom. The fourth-order valence-electron chi connectivity index (χ4n) is 1.39. The summed E-state index contributed by atoms with van der Waals surface area (Å²) in [6.45, 7) is 1.06. The predicted octanol–water partition coefficient (Wildman–Crippen LogP) is 1.64. The number of phenols is 1. The van der Waals surface area contributed by atoms with Gasteiger partial charge in [0.2, 0.25) is 0 Å². The van der Waals surface area contributed by atoms with Crippen molar-refractivity contribution in [1.82, 2.24) is 0 Å². The molecular weight excluding hydrogens is 178 g/mol. The van der Waals surface area contributed by atoms with Crippen molar-refractivity contribution < 1.29 is 9.84 Å². The van der Waals surface area contributed by atoms with Gasteiger partial charge in [0.15, 0.2) is 0 Å². The lowest BCUT2D eigenvalue weighted by Gasteiger charge is -2.10. The molecule has 14 heavy (non-hydrogen) atoms. The smallest absolute Gasteiger partial charge is 0.127 e. The molecule has 1 aliphatic carbocycles. The second-order valence-corrected chi connectivity index (χ2v) is 3.71. The molecule has 0 saturated heterocycles. The lowest BCUT2D eigenvalue weighted by Crippen LogP contribution is -2.04. The first-order valence-electron chi connectivity index (χ1n) is 4.95. The monoisotopic (exact) mass is 193 g/mol. The van der Waals surface area contributed by atoms with Crippen LogP contribution in [0.25, 0.3) is 0 Å². The predicted molar refractivity (Wildman–Crippen MR) is 54.2 cm³/mol. The number of hydrogen-bond acceptors (Lipinski definition) is 3. The zero-order valence-corrected chi connectivity index (χ0v) is 8.07. The second-order valence-electron chi connectivity index (χ2n) is 3.71. The van der Waals surface area contributed by atoms with Crippen LogP contribution in [0.3, 0.4) is 0 Å². The minimum absolute atomic E-state index is 0.223. The number of ether oxygens (including phenoxy) is 1. The molecule has 3 nitrogen and oxygen atoms in total. The van der Waals surface area contributed by atoms with Crippen LogP contribution in [0.4, 0.5) is 0 Å². The maximum absolute atomic E-state index is 9.51. The first kappa shape index (κ1) is 9.34. The van der Waals surface area contributed by atoms with Crippen molar-refractivity contribution in [3.63, 3.8) is 0 Å². The molecule has 0 heterocycles. The summed E-state index contributed by atoms with van der Waals surface area (Å²) in [5.41, 5.74) is 6.24. The van der Waals surface area contributed by atoms with Gasteiger partial charge in [-0.2, -0.15) is 0 Å². The lowest BCUT2D eigenvalue weighted by atomic mass is 10.2. The van der Waals surface area contributed by atoms with Crippen LogP contribution in [-0.2, 0) is 6.54 Å². The summed E-state index contributed by atoms with van der Waals surface area (Å²) in [6, 6.07) is 5.26. The molecule has 0 aromatic heterocycles. The normalized spacial score (nSPS) is 15.5. The van der Waals surface area contributed by atoms with E-state index >= 15 is 0 Å². The minimum atomic E-state index is 0.223. The third-order valence-electron chi connectivity index (χ3n) is 2.48. The molecule has 76 valence electrons. The first-order valence-corrected chi connectivity index (χ1v) is 4.95. The van der Waals surface area contributed by atoms with Crippen LogP contribution in [0.15, 0.2) is 18.2 Å². The van der Waals surface area contributed by atoms with E-state index < -0.39 is 0 Å². The molecule has 3 N–H and O–H groups in total. The van der Waals surface area contributed by atoms with Crippen LogP contribution < -0.4 is 10.5 Å². The summed E-state index contributed by atoms with van der Waals surface area (Å²) in [5.74, 6) is 1.66. The Labute approximate surface area is 83.5 Å².